The van der Waals surface area contributed by atoms with Crippen molar-refractivity contribution >= 4 is 18.0 Å². The first-order valence-corrected chi connectivity index (χ1v) is 12.2. The molecule has 35 heavy (non-hydrogen) atoms. The molecule has 2 atom stereocenters. The van der Waals surface area contributed by atoms with Crippen LogP contribution < -0.4 is 10.6 Å². The van der Waals surface area contributed by atoms with Gasteiger partial charge in [0, 0.05) is 18.9 Å². The molecule has 0 radical (unpaired) electrons. The number of carboxylic acids is 1. The predicted molar refractivity (Wildman–Crippen MR) is 135 cm³/mol. The fourth-order valence-electron chi connectivity index (χ4n) is 4.57. The Balaban J connectivity index is 1.60. The zero-order chi connectivity index (χ0) is 25.6. The maximum Gasteiger partial charge on any atom is 0.407 e. The van der Waals surface area contributed by atoms with Gasteiger partial charge >= 0.3 is 12.1 Å². The average molecular weight is 481 g/mol. The standard InChI is InChI=1S/C28H36N2O5/c1-18(15-25(31)32)13-14-29-26(33)24(16-28(2,3)4)30-27(34)35-17-23-21-11-7-5-9-19(21)20-10-6-8-12-22(20)23/h5-12,18,23-24H,13-17H2,1-4H3,(H,29,33)(H,30,34)(H,31,32). The molecule has 188 valence electrons. The van der Waals surface area contributed by atoms with Gasteiger partial charge in [-0.2, -0.15) is 0 Å². The third-order valence-electron chi connectivity index (χ3n) is 6.23. The van der Waals surface area contributed by atoms with Crippen molar-refractivity contribution in [3.8, 4) is 11.1 Å². The lowest BCUT2D eigenvalue weighted by Gasteiger charge is -2.26. The van der Waals surface area contributed by atoms with Crippen molar-refractivity contribution in [3.05, 3.63) is 59.7 Å². The van der Waals surface area contributed by atoms with Crippen LogP contribution in [-0.4, -0.2) is 42.3 Å². The van der Waals surface area contributed by atoms with Crippen molar-refractivity contribution in [2.75, 3.05) is 13.2 Å². The van der Waals surface area contributed by atoms with Crippen LogP contribution in [0.5, 0.6) is 0 Å². The molecule has 0 aromatic heterocycles. The lowest BCUT2D eigenvalue weighted by molar-refractivity contribution is -0.138. The molecule has 7 heteroatoms. The number of carbonyl (C=O) groups excluding carboxylic acids is 2. The van der Waals surface area contributed by atoms with Crippen LogP contribution in [0, 0.1) is 11.3 Å². The number of rotatable bonds is 10. The summed E-state index contributed by atoms with van der Waals surface area (Å²) in [6, 6.07) is 15.5. The highest BCUT2D eigenvalue weighted by atomic mass is 16.5. The van der Waals surface area contributed by atoms with Gasteiger partial charge in [0.05, 0.1) is 0 Å². The van der Waals surface area contributed by atoms with Gasteiger partial charge in [0.1, 0.15) is 12.6 Å². The predicted octanol–water partition coefficient (Wildman–Crippen LogP) is 4.95. The molecule has 0 spiro atoms. The Labute approximate surface area is 207 Å². The fraction of sp³-hybridized carbons (Fsp3) is 0.464. The topological polar surface area (TPSA) is 105 Å². The molecular formula is C28H36N2O5. The Kier molecular flexibility index (Phi) is 8.54. The molecule has 3 rings (SSSR count). The molecule has 2 aromatic carbocycles. The Bertz CT molecular complexity index is 1010. The number of nitrogens with one attached hydrogen (secondary N) is 2. The third-order valence-corrected chi connectivity index (χ3v) is 6.23. The molecule has 1 aliphatic carbocycles. The van der Waals surface area contributed by atoms with Gasteiger partial charge in [-0.1, -0.05) is 76.2 Å². The van der Waals surface area contributed by atoms with Crippen molar-refractivity contribution in [2.24, 2.45) is 11.3 Å². The summed E-state index contributed by atoms with van der Waals surface area (Å²) in [7, 11) is 0. The van der Waals surface area contributed by atoms with Crippen LogP contribution >= 0.6 is 0 Å². The van der Waals surface area contributed by atoms with Gasteiger partial charge in [-0.3, -0.25) is 9.59 Å². The lowest BCUT2D eigenvalue weighted by Crippen LogP contribution is -2.49. The van der Waals surface area contributed by atoms with Gasteiger partial charge in [0.25, 0.3) is 0 Å². The molecule has 7 nitrogen and oxygen atoms in total. The minimum atomic E-state index is -0.855. The summed E-state index contributed by atoms with van der Waals surface area (Å²) in [5.41, 5.74) is 4.36. The van der Waals surface area contributed by atoms with Gasteiger partial charge in [-0.05, 0) is 46.4 Å². The van der Waals surface area contributed by atoms with E-state index in [-0.39, 0.29) is 36.2 Å². The molecule has 2 amide bonds. The smallest absolute Gasteiger partial charge is 0.407 e. The maximum atomic E-state index is 12.9. The van der Waals surface area contributed by atoms with Gasteiger partial charge < -0.3 is 20.5 Å². The Morgan fingerprint density at radius 1 is 1.00 bits per heavy atom. The van der Waals surface area contributed by atoms with Crippen molar-refractivity contribution < 1.29 is 24.2 Å². The quantitative estimate of drug-likeness (QED) is 0.446. The van der Waals surface area contributed by atoms with Crippen molar-refractivity contribution in [3.63, 3.8) is 0 Å². The summed E-state index contributed by atoms with van der Waals surface area (Å²) in [5, 5.41) is 14.5. The van der Waals surface area contributed by atoms with Crippen LogP contribution in [0.2, 0.25) is 0 Å². The number of ether oxygens (including phenoxy) is 1. The number of hydrogen-bond donors (Lipinski definition) is 3. The second-order valence-electron chi connectivity index (χ2n) is 10.6. The zero-order valence-corrected chi connectivity index (χ0v) is 21.0. The molecule has 3 N–H and O–H groups in total. The minimum Gasteiger partial charge on any atom is -0.481 e. The van der Waals surface area contributed by atoms with E-state index in [4.69, 9.17) is 9.84 Å². The number of fused-ring (bicyclic) bond motifs is 3. The summed E-state index contributed by atoms with van der Waals surface area (Å²) in [6.07, 6.45) is 0.411. The second-order valence-corrected chi connectivity index (χ2v) is 10.6. The molecular weight excluding hydrogens is 444 g/mol. The van der Waals surface area contributed by atoms with E-state index < -0.39 is 18.1 Å². The van der Waals surface area contributed by atoms with Gasteiger partial charge in [0.2, 0.25) is 5.91 Å². The largest absolute Gasteiger partial charge is 0.481 e. The highest BCUT2D eigenvalue weighted by molar-refractivity contribution is 5.85. The highest BCUT2D eigenvalue weighted by Crippen LogP contribution is 2.44. The molecule has 2 unspecified atom stereocenters. The summed E-state index contributed by atoms with van der Waals surface area (Å²) in [6.45, 7) is 8.36. The van der Waals surface area contributed by atoms with Crippen molar-refractivity contribution in [1.29, 1.82) is 0 Å². The van der Waals surface area contributed by atoms with Crippen LogP contribution in [0.15, 0.2) is 48.5 Å². The van der Waals surface area contributed by atoms with Crippen LogP contribution in [0.25, 0.3) is 11.1 Å². The van der Waals surface area contributed by atoms with Gasteiger partial charge in [0.15, 0.2) is 0 Å². The first-order valence-electron chi connectivity index (χ1n) is 12.2. The second kappa shape index (κ2) is 11.4. The summed E-state index contributed by atoms with van der Waals surface area (Å²) < 4.78 is 5.63. The van der Waals surface area contributed by atoms with E-state index in [9.17, 15) is 14.4 Å². The fourth-order valence-corrected chi connectivity index (χ4v) is 4.57. The molecule has 0 aliphatic heterocycles. The number of carboxylic acid groups (broad SMARTS) is 1. The van der Waals surface area contributed by atoms with E-state index in [0.29, 0.717) is 19.4 Å². The highest BCUT2D eigenvalue weighted by Gasteiger charge is 2.31. The number of benzene rings is 2. The van der Waals surface area contributed by atoms with E-state index in [2.05, 4.69) is 34.9 Å². The zero-order valence-electron chi connectivity index (χ0n) is 21.0. The van der Waals surface area contributed by atoms with Crippen LogP contribution in [-0.2, 0) is 14.3 Å². The number of amides is 2. The van der Waals surface area contributed by atoms with Crippen LogP contribution in [0.4, 0.5) is 4.79 Å². The van der Waals surface area contributed by atoms with Crippen molar-refractivity contribution in [1.82, 2.24) is 10.6 Å². The number of alkyl carbamates (subject to hydrolysis) is 1. The van der Waals surface area contributed by atoms with Crippen LogP contribution in [0.1, 0.15) is 64.0 Å². The van der Waals surface area contributed by atoms with E-state index >= 15 is 0 Å². The average Bonchev–Trinajstić information content (AvgIpc) is 3.09. The Morgan fingerprint density at radius 3 is 2.11 bits per heavy atom. The third kappa shape index (κ3) is 7.31. The van der Waals surface area contributed by atoms with E-state index in [0.717, 1.165) is 22.3 Å². The monoisotopic (exact) mass is 480 g/mol. The van der Waals surface area contributed by atoms with Gasteiger partial charge in [-0.25, -0.2) is 4.79 Å². The summed E-state index contributed by atoms with van der Waals surface area (Å²) in [4.78, 5) is 36.4. The number of hydrogen-bond acceptors (Lipinski definition) is 4. The van der Waals surface area contributed by atoms with Crippen LogP contribution in [0.3, 0.4) is 0 Å². The van der Waals surface area contributed by atoms with E-state index in [1.807, 2.05) is 52.0 Å². The number of aliphatic carboxylic acids is 1. The summed E-state index contributed by atoms with van der Waals surface area (Å²) in [5.74, 6) is -1.26. The molecule has 0 saturated heterocycles. The van der Waals surface area contributed by atoms with Gasteiger partial charge in [-0.15, -0.1) is 0 Å². The van der Waals surface area contributed by atoms with Crippen molar-refractivity contribution in [2.45, 2.75) is 58.9 Å². The molecule has 2 aromatic rings. The first kappa shape index (κ1) is 26.3. The maximum absolute atomic E-state index is 12.9. The number of carbonyl (C=O) groups is 3. The first-order chi connectivity index (χ1) is 16.5. The lowest BCUT2D eigenvalue weighted by atomic mass is 9.87. The SMILES string of the molecule is CC(CCNC(=O)C(CC(C)(C)C)NC(=O)OCC1c2ccccc2-c2ccccc21)CC(=O)O. The minimum absolute atomic E-state index is 0.0519. The van der Waals surface area contributed by atoms with E-state index in [1.54, 1.807) is 0 Å². The van der Waals surface area contributed by atoms with E-state index in [1.165, 1.54) is 0 Å². The molecule has 0 bridgehead atoms. The molecule has 0 saturated carbocycles. The molecule has 0 heterocycles. The normalized spacial score (nSPS) is 14.4. The Hall–Kier alpha value is -3.35. The Morgan fingerprint density at radius 2 is 1.57 bits per heavy atom. The molecule has 0 fully saturated rings. The molecule has 1 aliphatic rings. The summed E-state index contributed by atoms with van der Waals surface area (Å²) >= 11 is 0.